The van der Waals surface area contributed by atoms with Crippen LogP contribution in [0.3, 0.4) is 0 Å². The monoisotopic (exact) mass is 435 g/mol. The first kappa shape index (κ1) is 20.2. The smallest absolute Gasteiger partial charge is 0.119 e. The van der Waals surface area contributed by atoms with Crippen molar-refractivity contribution < 1.29 is 9.47 Å². The van der Waals surface area contributed by atoms with Gasteiger partial charge in [0.2, 0.25) is 0 Å². The Bertz CT molecular complexity index is 1060. The highest BCUT2D eigenvalue weighted by molar-refractivity contribution is 6.30. The average Bonchev–Trinajstić information content (AvgIpc) is 3.24. The number of hydrogen-bond donors (Lipinski definition) is 2. The zero-order chi connectivity index (χ0) is 21.4. The number of halogens is 1. The molecule has 0 aromatic heterocycles. The summed E-state index contributed by atoms with van der Waals surface area (Å²) >= 11 is 6.10. The van der Waals surface area contributed by atoms with E-state index in [1.165, 1.54) is 22.4 Å². The van der Waals surface area contributed by atoms with Gasteiger partial charge in [0.15, 0.2) is 0 Å². The molecule has 2 aliphatic heterocycles. The van der Waals surface area contributed by atoms with Gasteiger partial charge in [-0.2, -0.15) is 0 Å². The largest absolute Gasteiger partial charge is 0.497 e. The van der Waals surface area contributed by atoms with Gasteiger partial charge in [-0.05, 0) is 59.2 Å². The van der Waals surface area contributed by atoms with Gasteiger partial charge in [0, 0.05) is 29.7 Å². The van der Waals surface area contributed by atoms with E-state index in [9.17, 15) is 0 Å². The van der Waals surface area contributed by atoms with Gasteiger partial charge in [-0.3, -0.25) is 0 Å². The SMILES string of the molecule is COc1ccc(C2NNC3c4cc(OC)ccc4N(Cc4ccc(Cl)cc4)CC23)cc1. The molecule has 0 spiro atoms. The van der Waals surface area contributed by atoms with Crippen LogP contribution in [0.5, 0.6) is 11.5 Å². The summed E-state index contributed by atoms with van der Waals surface area (Å²) in [7, 11) is 3.41. The Kier molecular flexibility index (Phi) is 5.48. The number of nitrogens with one attached hydrogen (secondary N) is 2. The highest BCUT2D eigenvalue weighted by Gasteiger charge is 2.43. The van der Waals surface area contributed by atoms with E-state index >= 15 is 0 Å². The van der Waals surface area contributed by atoms with Crippen LogP contribution in [0.25, 0.3) is 0 Å². The molecule has 3 aromatic rings. The van der Waals surface area contributed by atoms with Crippen molar-refractivity contribution in [2.75, 3.05) is 25.7 Å². The molecule has 160 valence electrons. The fraction of sp³-hybridized carbons (Fsp3) is 0.280. The van der Waals surface area contributed by atoms with E-state index in [4.69, 9.17) is 21.1 Å². The quantitative estimate of drug-likeness (QED) is 0.597. The zero-order valence-corrected chi connectivity index (χ0v) is 18.4. The molecular weight excluding hydrogens is 410 g/mol. The van der Waals surface area contributed by atoms with Gasteiger partial charge in [-0.1, -0.05) is 35.9 Å². The molecule has 2 N–H and O–H groups in total. The van der Waals surface area contributed by atoms with E-state index < -0.39 is 0 Å². The molecule has 6 heteroatoms. The number of hydrogen-bond acceptors (Lipinski definition) is 5. The number of rotatable bonds is 5. The molecule has 0 bridgehead atoms. The first-order valence-electron chi connectivity index (χ1n) is 10.5. The standard InChI is InChI=1S/C25H26ClN3O2/c1-30-19-9-5-17(6-10-19)24-22-15-29(14-16-3-7-18(26)8-4-16)23-12-11-20(31-2)13-21(23)25(22)28-27-24/h3-13,22,24-25,27-28H,14-15H2,1-2H3. The molecule has 31 heavy (non-hydrogen) atoms. The number of hydrazine groups is 1. The minimum atomic E-state index is 0.197. The van der Waals surface area contributed by atoms with Crippen molar-refractivity contribution in [3.05, 3.63) is 88.4 Å². The molecule has 0 amide bonds. The summed E-state index contributed by atoms with van der Waals surface area (Å²) in [6, 6.07) is 23.2. The maximum absolute atomic E-state index is 6.10. The van der Waals surface area contributed by atoms with E-state index in [1.807, 2.05) is 30.3 Å². The van der Waals surface area contributed by atoms with Crippen molar-refractivity contribution in [3.63, 3.8) is 0 Å². The summed E-state index contributed by atoms with van der Waals surface area (Å²) in [5.41, 5.74) is 12.1. The Balaban J connectivity index is 1.50. The van der Waals surface area contributed by atoms with Crippen molar-refractivity contribution in [2.24, 2.45) is 5.92 Å². The number of ether oxygens (including phenoxy) is 2. The molecule has 1 saturated heterocycles. The van der Waals surface area contributed by atoms with Crippen LogP contribution >= 0.6 is 11.6 Å². The second-order valence-corrected chi connectivity index (χ2v) is 8.55. The summed E-state index contributed by atoms with van der Waals surface area (Å²) in [6.07, 6.45) is 0. The van der Waals surface area contributed by atoms with Gasteiger partial charge in [-0.25, -0.2) is 10.9 Å². The van der Waals surface area contributed by atoms with Crippen LogP contribution in [0.15, 0.2) is 66.7 Å². The van der Waals surface area contributed by atoms with Crippen molar-refractivity contribution in [1.82, 2.24) is 10.9 Å². The third-order valence-electron chi connectivity index (χ3n) is 6.35. The third kappa shape index (κ3) is 3.85. The second-order valence-electron chi connectivity index (χ2n) is 8.11. The van der Waals surface area contributed by atoms with E-state index in [1.54, 1.807) is 14.2 Å². The Morgan fingerprint density at radius 2 is 1.55 bits per heavy atom. The van der Waals surface area contributed by atoms with Crippen LogP contribution in [0.2, 0.25) is 5.02 Å². The molecule has 0 radical (unpaired) electrons. The molecule has 3 atom stereocenters. The fourth-order valence-corrected chi connectivity index (χ4v) is 4.88. The van der Waals surface area contributed by atoms with Crippen molar-refractivity contribution >= 4 is 17.3 Å². The van der Waals surface area contributed by atoms with Crippen LogP contribution < -0.4 is 25.2 Å². The van der Waals surface area contributed by atoms with Gasteiger partial charge >= 0.3 is 0 Å². The molecule has 5 rings (SSSR count). The first-order chi connectivity index (χ1) is 15.2. The summed E-state index contributed by atoms with van der Waals surface area (Å²) in [5, 5.41) is 0.761. The summed E-state index contributed by atoms with van der Waals surface area (Å²) in [4.78, 5) is 2.46. The Hall–Kier alpha value is -2.73. The predicted octanol–water partition coefficient (Wildman–Crippen LogP) is 4.88. The molecule has 2 aliphatic rings. The van der Waals surface area contributed by atoms with Crippen molar-refractivity contribution in [3.8, 4) is 11.5 Å². The lowest BCUT2D eigenvalue weighted by atomic mass is 9.82. The topological polar surface area (TPSA) is 45.8 Å². The lowest BCUT2D eigenvalue weighted by Crippen LogP contribution is -2.39. The van der Waals surface area contributed by atoms with Crippen LogP contribution in [-0.2, 0) is 6.54 Å². The minimum Gasteiger partial charge on any atom is -0.497 e. The van der Waals surface area contributed by atoms with Crippen LogP contribution in [0, 0.1) is 5.92 Å². The Morgan fingerprint density at radius 1 is 0.871 bits per heavy atom. The molecule has 0 saturated carbocycles. The maximum atomic E-state index is 6.10. The Labute approximate surface area is 187 Å². The third-order valence-corrected chi connectivity index (χ3v) is 6.61. The van der Waals surface area contributed by atoms with Crippen LogP contribution in [0.1, 0.15) is 28.8 Å². The molecule has 3 unspecified atom stereocenters. The van der Waals surface area contributed by atoms with Crippen molar-refractivity contribution in [2.45, 2.75) is 18.6 Å². The normalized spacial score (nSPS) is 22.0. The fourth-order valence-electron chi connectivity index (χ4n) is 4.76. The number of methoxy groups -OCH3 is 2. The van der Waals surface area contributed by atoms with Crippen molar-refractivity contribution in [1.29, 1.82) is 0 Å². The number of anilines is 1. The molecule has 3 aromatic carbocycles. The van der Waals surface area contributed by atoms with E-state index in [0.717, 1.165) is 29.6 Å². The van der Waals surface area contributed by atoms with E-state index in [2.05, 4.69) is 52.1 Å². The highest BCUT2D eigenvalue weighted by atomic mass is 35.5. The van der Waals surface area contributed by atoms with Gasteiger partial charge < -0.3 is 14.4 Å². The van der Waals surface area contributed by atoms with Crippen LogP contribution in [0.4, 0.5) is 5.69 Å². The summed E-state index contributed by atoms with van der Waals surface area (Å²) < 4.78 is 10.9. The summed E-state index contributed by atoms with van der Waals surface area (Å²) in [6.45, 7) is 1.76. The lowest BCUT2D eigenvalue weighted by molar-refractivity contribution is 0.392. The zero-order valence-electron chi connectivity index (χ0n) is 17.6. The Morgan fingerprint density at radius 3 is 2.26 bits per heavy atom. The molecule has 5 nitrogen and oxygen atoms in total. The van der Waals surface area contributed by atoms with E-state index in [0.29, 0.717) is 5.92 Å². The predicted molar refractivity (Wildman–Crippen MR) is 124 cm³/mol. The van der Waals surface area contributed by atoms with E-state index in [-0.39, 0.29) is 12.1 Å². The van der Waals surface area contributed by atoms with Gasteiger partial charge in [0.05, 0.1) is 26.3 Å². The molecule has 2 heterocycles. The van der Waals surface area contributed by atoms with Crippen LogP contribution in [-0.4, -0.2) is 20.8 Å². The second kappa shape index (κ2) is 8.42. The van der Waals surface area contributed by atoms with Gasteiger partial charge in [0.1, 0.15) is 11.5 Å². The number of nitrogens with zero attached hydrogens (tertiary/aromatic N) is 1. The number of benzene rings is 3. The first-order valence-corrected chi connectivity index (χ1v) is 10.9. The highest BCUT2D eigenvalue weighted by Crippen LogP contribution is 2.46. The number of fused-ring (bicyclic) bond motifs is 3. The summed E-state index contributed by atoms with van der Waals surface area (Å²) in [5.74, 6) is 2.11. The average molecular weight is 436 g/mol. The molecular formula is C25H26ClN3O2. The molecule has 1 fully saturated rings. The van der Waals surface area contributed by atoms with Gasteiger partial charge in [0.25, 0.3) is 0 Å². The van der Waals surface area contributed by atoms with Gasteiger partial charge in [-0.15, -0.1) is 0 Å². The lowest BCUT2D eigenvalue weighted by Gasteiger charge is -2.39. The minimum absolute atomic E-state index is 0.197. The molecule has 0 aliphatic carbocycles. The maximum Gasteiger partial charge on any atom is 0.119 e.